The van der Waals surface area contributed by atoms with Crippen LogP contribution in [-0.2, 0) is 4.79 Å². The number of amides is 1. The zero-order chi connectivity index (χ0) is 13.4. The lowest BCUT2D eigenvalue weighted by atomic mass is 9.88. The smallest absolute Gasteiger partial charge is 0.256 e. The summed E-state index contributed by atoms with van der Waals surface area (Å²) in [5, 5.41) is 0. The molecule has 0 N–H and O–H groups in total. The van der Waals surface area contributed by atoms with Crippen molar-refractivity contribution >= 4 is 11.6 Å². The molecule has 1 amide bonds. The average Bonchev–Trinajstić information content (AvgIpc) is 2.46. The molecule has 0 aliphatic carbocycles. The summed E-state index contributed by atoms with van der Waals surface area (Å²) in [5.74, 6) is 0.0118. The summed E-state index contributed by atoms with van der Waals surface area (Å²) >= 11 is 0. The van der Waals surface area contributed by atoms with Crippen LogP contribution >= 0.6 is 0 Å². The normalized spacial score (nSPS) is 18.4. The lowest BCUT2D eigenvalue weighted by Gasteiger charge is -2.42. The summed E-state index contributed by atoms with van der Waals surface area (Å²) in [4.78, 5) is 13.9. The highest BCUT2D eigenvalue weighted by Gasteiger charge is 2.42. The van der Waals surface area contributed by atoms with Gasteiger partial charge in [0.05, 0.1) is 6.04 Å². The van der Waals surface area contributed by atoms with Crippen LogP contribution in [0, 0.1) is 6.92 Å². The molecule has 1 saturated heterocycles. The third-order valence-electron chi connectivity index (χ3n) is 3.51. The molecule has 2 nitrogen and oxygen atoms in total. The summed E-state index contributed by atoms with van der Waals surface area (Å²) in [6.45, 7) is 5.94. The first-order valence-corrected chi connectivity index (χ1v) is 6.32. The molecule has 0 aromatic heterocycles. The number of aryl methyl sites for hydroxylation is 1. The molecular weight excluding hydrogens is 234 g/mol. The van der Waals surface area contributed by atoms with E-state index < -0.39 is 0 Å². The standard InChI is InChI=1S/C17H15NO/c1-12-8-10-15(11-9-12)18-16(13(2)17(18)19)14-6-4-3-5-7-14/h3-11,16H,2H2,1H3/t16-/m0/s1. The first-order chi connectivity index (χ1) is 9.18. The highest BCUT2D eigenvalue weighted by Crippen LogP contribution is 2.41. The molecule has 3 rings (SSSR count). The largest absolute Gasteiger partial charge is 0.297 e. The van der Waals surface area contributed by atoms with Crippen molar-refractivity contribution in [3.05, 3.63) is 77.9 Å². The Hall–Kier alpha value is -2.35. The van der Waals surface area contributed by atoms with E-state index in [1.54, 1.807) is 4.90 Å². The topological polar surface area (TPSA) is 20.3 Å². The van der Waals surface area contributed by atoms with Gasteiger partial charge in [0.1, 0.15) is 0 Å². The van der Waals surface area contributed by atoms with E-state index in [1.165, 1.54) is 5.56 Å². The van der Waals surface area contributed by atoms with Gasteiger partial charge in [0.15, 0.2) is 0 Å². The number of β-lactam (4-membered cyclic amide) rings is 1. The number of carbonyl (C=O) groups excluding carboxylic acids is 1. The fraction of sp³-hybridized carbons (Fsp3) is 0.118. The lowest BCUT2D eigenvalue weighted by Crippen LogP contribution is -2.48. The van der Waals surface area contributed by atoms with E-state index in [-0.39, 0.29) is 11.9 Å². The van der Waals surface area contributed by atoms with Crippen molar-refractivity contribution < 1.29 is 4.79 Å². The summed E-state index contributed by atoms with van der Waals surface area (Å²) in [6, 6.07) is 18.0. The molecule has 0 radical (unpaired) electrons. The average molecular weight is 249 g/mol. The first-order valence-electron chi connectivity index (χ1n) is 6.32. The Morgan fingerprint density at radius 2 is 1.63 bits per heavy atom. The van der Waals surface area contributed by atoms with Gasteiger partial charge in [-0.25, -0.2) is 0 Å². The monoisotopic (exact) mass is 249 g/mol. The Kier molecular flexibility index (Phi) is 2.71. The maximum Gasteiger partial charge on any atom is 0.256 e. The molecular formula is C17H15NO. The van der Waals surface area contributed by atoms with Crippen LogP contribution in [0.4, 0.5) is 5.69 Å². The second-order valence-electron chi connectivity index (χ2n) is 4.85. The quantitative estimate of drug-likeness (QED) is 0.588. The summed E-state index contributed by atoms with van der Waals surface area (Å²) in [7, 11) is 0. The third kappa shape index (κ3) is 1.85. The molecule has 0 saturated carbocycles. The number of carbonyl (C=O) groups is 1. The van der Waals surface area contributed by atoms with Crippen LogP contribution in [0.1, 0.15) is 17.2 Å². The van der Waals surface area contributed by atoms with E-state index >= 15 is 0 Å². The Balaban J connectivity index is 1.98. The second-order valence-corrected chi connectivity index (χ2v) is 4.85. The van der Waals surface area contributed by atoms with Crippen molar-refractivity contribution in [2.75, 3.05) is 4.90 Å². The number of nitrogens with zero attached hydrogens (tertiary/aromatic N) is 1. The fourth-order valence-electron chi connectivity index (χ4n) is 2.44. The van der Waals surface area contributed by atoms with Gasteiger partial charge in [-0.1, -0.05) is 54.6 Å². The molecule has 0 bridgehead atoms. The maximum absolute atomic E-state index is 12.1. The van der Waals surface area contributed by atoms with Gasteiger partial charge >= 0.3 is 0 Å². The number of benzene rings is 2. The minimum atomic E-state index is -0.0311. The van der Waals surface area contributed by atoms with Crippen LogP contribution in [-0.4, -0.2) is 5.91 Å². The number of anilines is 1. The van der Waals surface area contributed by atoms with Crippen molar-refractivity contribution in [2.45, 2.75) is 13.0 Å². The van der Waals surface area contributed by atoms with Gasteiger partial charge in [-0.2, -0.15) is 0 Å². The van der Waals surface area contributed by atoms with Gasteiger partial charge in [-0.05, 0) is 24.6 Å². The van der Waals surface area contributed by atoms with E-state index in [2.05, 4.69) is 6.58 Å². The van der Waals surface area contributed by atoms with Crippen LogP contribution < -0.4 is 4.90 Å². The molecule has 1 atom stereocenters. The number of hydrogen-bond acceptors (Lipinski definition) is 1. The van der Waals surface area contributed by atoms with Crippen LogP contribution in [0.3, 0.4) is 0 Å². The van der Waals surface area contributed by atoms with Gasteiger partial charge in [0, 0.05) is 11.3 Å². The van der Waals surface area contributed by atoms with Crippen molar-refractivity contribution in [1.82, 2.24) is 0 Å². The van der Waals surface area contributed by atoms with Gasteiger partial charge in [0.2, 0.25) is 0 Å². The maximum atomic E-state index is 12.1. The predicted molar refractivity (Wildman–Crippen MR) is 77.0 cm³/mol. The van der Waals surface area contributed by atoms with Crippen molar-refractivity contribution in [3.63, 3.8) is 0 Å². The molecule has 0 unspecified atom stereocenters. The molecule has 0 spiro atoms. The fourth-order valence-corrected chi connectivity index (χ4v) is 2.44. The number of rotatable bonds is 2. The Morgan fingerprint density at radius 3 is 2.26 bits per heavy atom. The molecule has 2 aromatic carbocycles. The molecule has 1 heterocycles. The van der Waals surface area contributed by atoms with Gasteiger partial charge in [0.25, 0.3) is 5.91 Å². The van der Waals surface area contributed by atoms with E-state index in [9.17, 15) is 4.79 Å². The van der Waals surface area contributed by atoms with Crippen LogP contribution in [0.2, 0.25) is 0 Å². The Morgan fingerprint density at radius 1 is 1.00 bits per heavy atom. The van der Waals surface area contributed by atoms with E-state index in [1.807, 2.05) is 61.5 Å². The highest BCUT2D eigenvalue weighted by atomic mass is 16.2. The van der Waals surface area contributed by atoms with Crippen LogP contribution in [0.5, 0.6) is 0 Å². The molecule has 1 aliphatic heterocycles. The SMILES string of the molecule is C=C1C(=O)N(c2ccc(C)cc2)[C@@H]1c1ccccc1. The second kappa shape index (κ2) is 4.39. The summed E-state index contributed by atoms with van der Waals surface area (Å²) in [5.41, 5.74) is 3.88. The first kappa shape index (κ1) is 11.7. The predicted octanol–water partition coefficient (Wildman–Crippen LogP) is 3.64. The highest BCUT2D eigenvalue weighted by molar-refractivity contribution is 6.14. The van der Waals surface area contributed by atoms with Gasteiger partial charge < -0.3 is 0 Å². The third-order valence-corrected chi connectivity index (χ3v) is 3.51. The minimum absolute atomic E-state index is 0.0118. The van der Waals surface area contributed by atoms with E-state index in [0.29, 0.717) is 5.57 Å². The molecule has 1 fully saturated rings. The van der Waals surface area contributed by atoms with Crippen molar-refractivity contribution in [3.8, 4) is 0 Å². The van der Waals surface area contributed by atoms with Crippen LogP contribution in [0.15, 0.2) is 66.7 Å². The molecule has 1 aliphatic rings. The number of hydrogen-bond donors (Lipinski definition) is 0. The van der Waals surface area contributed by atoms with E-state index in [0.717, 1.165) is 11.3 Å². The minimum Gasteiger partial charge on any atom is -0.297 e. The molecule has 2 heteroatoms. The van der Waals surface area contributed by atoms with Gasteiger partial charge in [-0.3, -0.25) is 9.69 Å². The van der Waals surface area contributed by atoms with Crippen molar-refractivity contribution in [2.24, 2.45) is 0 Å². The molecule has 19 heavy (non-hydrogen) atoms. The summed E-state index contributed by atoms with van der Waals surface area (Å²) < 4.78 is 0. The molecule has 2 aromatic rings. The van der Waals surface area contributed by atoms with E-state index in [4.69, 9.17) is 0 Å². The lowest BCUT2D eigenvalue weighted by molar-refractivity contribution is -0.118. The zero-order valence-corrected chi connectivity index (χ0v) is 10.8. The molecule has 94 valence electrons. The van der Waals surface area contributed by atoms with Crippen molar-refractivity contribution in [1.29, 1.82) is 0 Å². The zero-order valence-electron chi connectivity index (χ0n) is 10.8. The Bertz CT molecular complexity index is 628. The van der Waals surface area contributed by atoms with Crippen LogP contribution in [0.25, 0.3) is 0 Å². The Labute approximate surface area is 113 Å². The summed E-state index contributed by atoms with van der Waals surface area (Å²) in [6.07, 6.45) is 0. The van der Waals surface area contributed by atoms with Gasteiger partial charge in [-0.15, -0.1) is 0 Å².